The Hall–Kier alpha value is -1.42. The van der Waals surface area contributed by atoms with Crippen LogP contribution < -0.4 is 15.0 Å². The lowest BCUT2D eigenvalue weighted by molar-refractivity contribution is 0.0931. The van der Waals surface area contributed by atoms with Gasteiger partial charge in [-0.05, 0) is 18.6 Å². The van der Waals surface area contributed by atoms with Crippen molar-refractivity contribution in [2.45, 2.75) is 12.5 Å². The molecule has 0 aromatic heterocycles. The normalized spacial score (nSPS) is 23.1. The predicted molar refractivity (Wildman–Crippen MR) is 68.1 cm³/mol. The van der Waals surface area contributed by atoms with Crippen LogP contribution in [0.25, 0.3) is 0 Å². The third-order valence-corrected chi connectivity index (χ3v) is 3.53. The Bertz CT molecular complexity index is 408. The molecule has 0 aliphatic carbocycles. The average Bonchev–Trinajstić information content (AvgIpc) is 2.57. The molecule has 2 aliphatic heterocycles. The number of methoxy groups -OCH3 is 1. The Morgan fingerprint density at radius 2 is 2.41 bits per heavy atom. The molecule has 2 heterocycles. The van der Waals surface area contributed by atoms with Crippen LogP contribution in [0, 0.1) is 0 Å². The zero-order valence-corrected chi connectivity index (χ0v) is 10.1. The minimum Gasteiger partial charge on any atom is -0.497 e. The van der Waals surface area contributed by atoms with Gasteiger partial charge < -0.3 is 19.7 Å². The summed E-state index contributed by atoms with van der Waals surface area (Å²) in [5, 5.41) is 3.48. The molecule has 17 heavy (non-hydrogen) atoms. The van der Waals surface area contributed by atoms with E-state index in [1.54, 1.807) is 7.11 Å². The number of nitrogens with one attached hydrogen (secondary N) is 1. The van der Waals surface area contributed by atoms with Crippen molar-refractivity contribution in [3.8, 4) is 5.75 Å². The largest absolute Gasteiger partial charge is 0.497 e. The Morgan fingerprint density at radius 3 is 3.29 bits per heavy atom. The predicted octanol–water partition coefficient (Wildman–Crippen LogP) is 1.72. The summed E-state index contributed by atoms with van der Waals surface area (Å²) < 4.78 is 10.8. The Balaban J connectivity index is 1.97. The van der Waals surface area contributed by atoms with Gasteiger partial charge in [0.15, 0.2) is 0 Å². The maximum atomic E-state index is 5.56. The molecular weight excluding hydrogens is 216 g/mol. The zero-order chi connectivity index (χ0) is 11.7. The number of anilines is 2. The number of ether oxygens (including phenoxy) is 2. The summed E-state index contributed by atoms with van der Waals surface area (Å²) >= 11 is 0. The lowest BCUT2D eigenvalue weighted by Crippen LogP contribution is -2.45. The van der Waals surface area contributed by atoms with Crippen molar-refractivity contribution in [3.63, 3.8) is 0 Å². The molecule has 1 saturated heterocycles. The lowest BCUT2D eigenvalue weighted by atomic mass is 10.1. The third-order valence-electron chi connectivity index (χ3n) is 3.53. The van der Waals surface area contributed by atoms with Gasteiger partial charge in [-0.3, -0.25) is 0 Å². The number of nitrogens with zero attached hydrogens (tertiary/aromatic N) is 1. The first kappa shape index (κ1) is 10.7. The van der Waals surface area contributed by atoms with Crippen LogP contribution in [0.3, 0.4) is 0 Å². The van der Waals surface area contributed by atoms with E-state index >= 15 is 0 Å². The second kappa shape index (κ2) is 4.45. The highest BCUT2D eigenvalue weighted by Crippen LogP contribution is 2.34. The molecule has 2 aliphatic rings. The highest BCUT2D eigenvalue weighted by molar-refractivity contribution is 5.73. The van der Waals surface area contributed by atoms with Crippen LogP contribution in [-0.2, 0) is 4.74 Å². The van der Waals surface area contributed by atoms with E-state index in [9.17, 15) is 0 Å². The molecule has 0 bridgehead atoms. The summed E-state index contributed by atoms with van der Waals surface area (Å²) in [5.74, 6) is 0.906. The molecule has 1 N–H and O–H groups in total. The topological polar surface area (TPSA) is 33.7 Å². The molecular formula is C13H18N2O2. The van der Waals surface area contributed by atoms with Gasteiger partial charge in [-0.15, -0.1) is 0 Å². The molecule has 4 heteroatoms. The Labute approximate surface area is 102 Å². The number of benzene rings is 1. The van der Waals surface area contributed by atoms with Crippen LogP contribution >= 0.6 is 0 Å². The number of hydrogen-bond acceptors (Lipinski definition) is 4. The van der Waals surface area contributed by atoms with Gasteiger partial charge in [0.1, 0.15) is 5.75 Å². The van der Waals surface area contributed by atoms with Crippen molar-refractivity contribution < 1.29 is 9.47 Å². The van der Waals surface area contributed by atoms with E-state index in [-0.39, 0.29) is 0 Å². The van der Waals surface area contributed by atoms with Crippen molar-refractivity contribution in [2.75, 3.05) is 43.6 Å². The second-order valence-electron chi connectivity index (χ2n) is 4.52. The van der Waals surface area contributed by atoms with Crippen LogP contribution in [0.15, 0.2) is 18.2 Å². The third kappa shape index (κ3) is 1.93. The van der Waals surface area contributed by atoms with Crippen molar-refractivity contribution in [1.29, 1.82) is 0 Å². The molecule has 0 spiro atoms. The van der Waals surface area contributed by atoms with E-state index in [2.05, 4.69) is 22.3 Å². The van der Waals surface area contributed by atoms with E-state index < -0.39 is 0 Å². The van der Waals surface area contributed by atoms with Crippen molar-refractivity contribution >= 4 is 11.4 Å². The molecule has 0 saturated carbocycles. The van der Waals surface area contributed by atoms with Crippen molar-refractivity contribution in [1.82, 2.24) is 0 Å². The van der Waals surface area contributed by atoms with E-state index in [1.165, 1.54) is 11.4 Å². The van der Waals surface area contributed by atoms with Gasteiger partial charge >= 0.3 is 0 Å². The molecule has 3 rings (SSSR count). The fraction of sp³-hybridized carbons (Fsp3) is 0.538. The monoisotopic (exact) mass is 234 g/mol. The highest BCUT2D eigenvalue weighted by Gasteiger charge is 2.27. The van der Waals surface area contributed by atoms with E-state index in [1.807, 2.05) is 6.07 Å². The standard InChI is InChI=1S/C13H18N2O2/c1-16-11-2-3-13-12(8-11)14-5-4-10-9-17-7-6-15(10)13/h2-3,8,10,14H,4-7,9H2,1H3. The fourth-order valence-corrected chi connectivity index (χ4v) is 2.62. The minimum absolute atomic E-state index is 0.505. The smallest absolute Gasteiger partial charge is 0.121 e. The molecule has 4 nitrogen and oxygen atoms in total. The van der Waals surface area contributed by atoms with Crippen LogP contribution in [0.2, 0.25) is 0 Å². The SMILES string of the molecule is COc1ccc2c(c1)NCCC1COCCN21. The van der Waals surface area contributed by atoms with Gasteiger partial charge in [-0.25, -0.2) is 0 Å². The summed E-state index contributed by atoms with van der Waals surface area (Å²) in [5.41, 5.74) is 2.45. The molecule has 92 valence electrons. The number of morpholine rings is 1. The second-order valence-corrected chi connectivity index (χ2v) is 4.52. The molecule has 1 atom stereocenters. The quantitative estimate of drug-likeness (QED) is 0.802. The first-order chi connectivity index (χ1) is 8.38. The van der Waals surface area contributed by atoms with Crippen molar-refractivity contribution in [2.24, 2.45) is 0 Å². The van der Waals surface area contributed by atoms with Crippen molar-refractivity contribution in [3.05, 3.63) is 18.2 Å². The van der Waals surface area contributed by atoms with Gasteiger partial charge in [-0.1, -0.05) is 0 Å². The van der Waals surface area contributed by atoms with E-state index in [0.29, 0.717) is 6.04 Å². The molecule has 0 radical (unpaired) electrons. The van der Waals surface area contributed by atoms with Crippen LogP contribution in [0.4, 0.5) is 11.4 Å². The van der Waals surface area contributed by atoms with Gasteiger partial charge in [0.2, 0.25) is 0 Å². The van der Waals surface area contributed by atoms with Crippen LogP contribution in [0.1, 0.15) is 6.42 Å². The first-order valence-corrected chi connectivity index (χ1v) is 6.15. The summed E-state index contributed by atoms with van der Waals surface area (Å²) in [6, 6.07) is 6.75. The van der Waals surface area contributed by atoms with E-state index in [4.69, 9.17) is 9.47 Å². The molecule has 1 aromatic rings. The van der Waals surface area contributed by atoms with Gasteiger partial charge in [0, 0.05) is 19.2 Å². The zero-order valence-electron chi connectivity index (χ0n) is 10.1. The fourth-order valence-electron chi connectivity index (χ4n) is 2.62. The van der Waals surface area contributed by atoms with E-state index in [0.717, 1.165) is 38.5 Å². The average molecular weight is 234 g/mol. The van der Waals surface area contributed by atoms with Gasteiger partial charge in [0.05, 0.1) is 37.7 Å². The Kier molecular flexibility index (Phi) is 2.81. The maximum Gasteiger partial charge on any atom is 0.121 e. The van der Waals surface area contributed by atoms with Gasteiger partial charge in [-0.2, -0.15) is 0 Å². The van der Waals surface area contributed by atoms with Crippen LogP contribution in [0.5, 0.6) is 5.75 Å². The number of fused-ring (bicyclic) bond motifs is 3. The summed E-state index contributed by atoms with van der Waals surface area (Å²) in [6.45, 7) is 3.63. The molecule has 1 fully saturated rings. The maximum absolute atomic E-state index is 5.56. The molecule has 0 amide bonds. The Morgan fingerprint density at radius 1 is 1.47 bits per heavy atom. The first-order valence-electron chi connectivity index (χ1n) is 6.15. The summed E-state index contributed by atoms with van der Waals surface area (Å²) in [4.78, 5) is 2.46. The number of hydrogen-bond donors (Lipinski definition) is 1. The summed E-state index contributed by atoms with van der Waals surface area (Å²) in [7, 11) is 1.70. The molecule has 1 aromatic carbocycles. The molecule has 1 unspecified atom stereocenters. The van der Waals surface area contributed by atoms with Gasteiger partial charge in [0.25, 0.3) is 0 Å². The highest BCUT2D eigenvalue weighted by atomic mass is 16.5. The lowest BCUT2D eigenvalue weighted by Gasteiger charge is -2.36. The minimum atomic E-state index is 0.505. The summed E-state index contributed by atoms with van der Waals surface area (Å²) in [6.07, 6.45) is 1.12. The van der Waals surface area contributed by atoms with Crippen LogP contribution in [-0.4, -0.2) is 39.5 Å². The number of rotatable bonds is 1.